The fourth-order valence-electron chi connectivity index (χ4n) is 4.87. The molecule has 5 rings (SSSR count). The van der Waals surface area contributed by atoms with E-state index in [0.717, 1.165) is 10.4 Å². The molecular weight excluding hydrogens is 541 g/mol. The van der Waals surface area contributed by atoms with Crippen LogP contribution < -0.4 is 10.6 Å². The lowest BCUT2D eigenvalue weighted by molar-refractivity contribution is -0.148. The van der Waals surface area contributed by atoms with Crippen LogP contribution in [0.4, 0.5) is 24.9 Å². The number of pyridine rings is 1. The normalized spacial score (nSPS) is 26.3. The zero-order valence-corrected chi connectivity index (χ0v) is 22.1. The van der Waals surface area contributed by atoms with Gasteiger partial charge in [-0.1, -0.05) is 6.08 Å². The Hall–Kier alpha value is -2.52. The van der Waals surface area contributed by atoms with Crippen molar-refractivity contribution in [2.45, 2.75) is 50.7 Å². The molecular formula is C24H27F3N6O3S2. The van der Waals surface area contributed by atoms with Gasteiger partial charge in [-0.05, 0) is 31.7 Å². The zero-order valence-electron chi connectivity index (χ0n) is 20.5. The molecule has 204 valence electrons. The summed E-state index contributed by atoms with van der Waals surface area (Å²) in [7, 11) is 0. The molecule has 3 aromatic rings. The van der Waals surface area contributed by atoms with Crippen LogP contribution >= 0.6 is 23.1 Å². The second-order valence-corrected chi connectivity index (χ2v) is 11.5. The summed E-state index contributed by atoms with van der Waals surface area (Å²) in [5, 5.41) is 38.3. The summed E-state index contributed by atoms with van der Waals surface area (Å²) in [5.41, 5.74) is 2.29. The highest BCUT2D eigenvalue weighted by Crippen LogP contribution is 2.40. The third-order valence-electron chi connectivity index (χ3n) is 6.93. The summed E-state index contributed by atoms with van der Waals surface area (Å²) in [6, 6.07) is -0.763. The lowest BCUT2D eigenvalue weighted by Gasteiger charge is -2.27. The van der Waals surface area contributed by atoms with Crippen LogP contribution in [0.2, 0.25) is 0 Å². The Bertz CT molecular complexity index is 1350. The van der Waals surface area contributed by atoms with Crippen molar-refractivity contribution in [3.05, 3.63) is 35.1 Å². The molecule has 4 heterocycles. The Morgan fingerprint density at radius 2 is 1.92 bits per heavy atom. The van der Waals surface area contributed by atoms with E-state index in [1.54, 1.807) is 18.5 Å². The molecule has 0 saturated heterocycles. The number of thioether (sulfide) groups is 1. The molecule has 6 atom stereocenters. The Balaban J connectivity index is 1.57. The zero-order chi connectivity index (χ0) is 27.2. The van der Waals surface area contributed by atoms with Crippen LogP contribution in [0.15, 0.2) is 23.7 Å². The van der Waals surface area contributed by atoms with E-state index in [0.29, 0.717) is 21.8 Å². The van der Waals surface area contributed by atoms with Crippen molar-refractivity contribution in [1.29, 1.82) is 0 Å². The third-order valence-corrected chi connectivity index (χ3v) is 8.89. The highest BCUT2D eigenvalue weighted by molar-refractivity contribution is 8.02. The van der Waals surface area contributed by atoms with Gasteiger partial charge in [0.2, 0.25) is 5.95 Å². The molecule has 1 fully saturated rings. The summed E-state index contributed by atoms with van der Waals surface area (Å²) in [6.45, 7) is 3.18. The number of hydrogen-bond donors (Lipinski definition) is 5. The van der Waals surface area contributed by atoms with Crippen LogP contribution in [0, 0.1) is 25.7 Å². The Labute approximate surface area is 224 Å². The van der Waals surface area contributed by atoms with Gasteiger partial charge in [-0.2, -0.15) is 18.2 Å². The maximum atomic E-state index is 14.0. The Morgan fingerprint density at radius 3 is 2.55 bits per heavy atom. The second-order valence-electron chi connectivity index (χ2n) is 9.52. The standard InChI is InChI=1S/C24H27F3N6O3S2/c1-10-16(22-31-17-11(2)28-5-3-15(17)38-22)21(30-14-7-13(8-34)18(35)19(14)36)33-23(29-10)32-20(24(25,26)27)12-4-6-37-9-12/h3-6,12-14,18-20,34-36H,7-9H2,1-2H3,(H2,29,30,32,33). The van der Waals surface area contributed by atoms with E-state index in [1.807, 2.05) is 13.0 Å². The van der Waals surface area contributed by atoms with E-state index in [2.05, 4.69) is 25.6 Å². The fraction of sp³-hybridized carbons (Fsp3) is 0.500. The predicted molar refractivity (Wildman–Crippen MR) is 141 cm³/mol. The van der Waals surface area contributed by atoms with E-state index in [-0.39, 0.29) is 30.5 Å². The summed E-state index contributed by atoms with van der Waals surface area (Å²) in [5.74, 6) is -1.09. The number of anilines is 2. The largest absolute Gasteiger partial charge is 0.409 e. The molecule has 38 heavy (non-hydrogen) atoms. The van der Waals surface area contributed by atoms with E-state index < -0.39 is 42.3 Å². The van der Waals surface area contributed by atoms with Crippen molar-refractivity contribution >= 4 is 45.1 Å². The molecule has 1 aliphatic heterocycles. The lowest BCUT2D eigenvalue weighted by Crippen LogP contribution is -2.43. The number of nitrogens with zero attached hydrogens (tertiary/aromatic N) is 4. The molecule has 0 radical (unpaired) electrons. The Kier molecular flexibility index (Phi) is 7.52. The highest BCUT2D eigenvalue weighted by Gasteiger charge is 2.45. The van der Waals surface area contributed by atoms with Gasteiger partial charge < -0.3 is 26.0 Å². The highest BCUT2D eigenvalue weighted by atomic mass is 32.2. The molecule has 5 N–H and O–H groups in total. The number of nitrogens with one attached hydrogen (secondary N) is 2. The number of hydrogen-bond acceptors (Lipinski definition) is 11. The minimum absolute atomic E-state index is 0.178. The van der Waals surface area contributed by atoms with Gasteiger partial charge in [0.05, 0.1) is 33.8 Å². The van der Waals surface area contributed by atoms with Crippen LogP contribution in [0.1, 0.15) is 17.8 Å². The van der Waals surface area contributed by atoms with Crippen molar-refractivity contribution in [2.24, 2.45) is 11.8 Å². The predicted octanol–water partition coefficient (Wildman–Crippen LogP) is 3.50. The topological polar surface area (TPSA) is 136 Å². The number of aromatic nitrogens is 4. The molecule has 6 unspecified atom stereocenters. The average Bonchev–Trinajstić information content (AvgIpc) is 3.59. The van der Waals surface area contributed by atoms with Crippen molar-refractivity contribution in [2.75, 3.05) is 23.0 Å². The molecule has 0 amide bonds. The molecule has 3 aromatic heterocycles. The number of fused-ring (bicyclic) bond motifs is 1. The number of rotatable bonds is 7. The van der Waals surface area contributed by atoms with E-state index in [4.69, 9.17) is 4.98 Å². The first-order valence-corrected chi connectivity index (χ1v) is 13.9. The quantitative estimate of drug-likeness (QED) is 0.288. The molecule has 9 nitrogen and oxygen atoms in total. The number of aliphatic hydroxyl groups is 3. The van der Waals surface area contributed by atoms with Crippen molar-refractivity contribution < 1.29 is 28.5 Å². The van der Waals surface area contributed by atoms with Crippen LogP contribution in [-0.4, -0.2) is 78.1 Å². The number of halogens is 3. The first kappa shape index (κ1) is 27.1. The lowest BCUT2D eigenvalue weighted by atomic mass is 10.0. The molecule has 2 aliphatic rings. The minimum Gasteiger partial charge on any atom is -0.396 e. The van der Waals surface area contributed by atoms with Gasteiger partial charge in [-0.25, -0.2) is 9.97 Å². The molecule has 14 heteroatoms. The van der Waals surface area contributed by atoms with Crippen molar-refractivity contribution in [3.63, 3.8) is 0 Å². The van der Waals surface area contributed by atoms with Gasteiger partial charge in [0.15, 0.2) is 0 Å². The molecule has 1 aliphatic carbocycles. The first-order chi connectivity index (χ1) is 18.1. The fourth-order valence-corrected chi connectivity index (χ4v) is 6.93. The molecule has 0 aromatic carbocycles. The SMILES string of the molecule is Cc1nc(NC(C2C=CSC2)C(F)(F)F)nc(NC2CC(CO)C(O)C2O)c1-c1nc2c(C)nccc2s1. The summed E-state index contributed by atoms with van der Waals surface area (Å²) in [6.07, 6.45) is -3.47. The molecule has 0 spiro atoms. The third kappa shape index (κ3) is 5.19. The number of alkyl halides is 3. The maximum Gasteiger partial charge on any atom is 0.409 e. The summed E-state index contributed by atoms with van der Waals surface area (Å²) < 4.78 is 42.8. The van der Waals surface area contributed by atoms with Gasteiger partial charge in [-0.3, -0.25) is 4.98 Å². The van der Waals surface area contributed by atoms with Crippen LogP contribution in [0.5, 0.6) is 0 Å². The second kappa shape index (κ2) is 10.6. The van der Waals surface area contributed by atoms with Crippen LogP contribution in [0.25, 0.3) is 20.8 Å². The van der Waals surface area contributed by atoms with Gasteiger partial charge in [0, 0.05) is 30.4 Å². The van der Waals surface area contributed by atoms with Gasteiger partial charge >= 0.3 is 6.18 Å². The van der Waals surface area contributed by atoms with Gasteiger partial charge in [0.1, 0.15) is 28.5 Å². The number of aryl methyl sites for hydroxylation is 2. The number of thiazole rings is 1. The summed E-state index contributed by atoms with van der Waals surface area (Å²) in [4.78, 5) is 17.8. The molecule has 1 saturated carbocycles. The van der Waals surface area contributed by atoms with Crippen LogP contribution in [-0.2, 0) is 0 Å². The van der Waals surface area contributed by atoms with Crippen molar-refractivity contribution in [1.82, 2.24) is 19.9 Å². The van der Waals surface area contributed by atoms with E-state index in [1.165, 1.54) is 29.2 Å². The minimum atomic E-state index is -4.54. The summed E-state index contributed by atoms with van der Waals surface area (Å²) >= 11 is 2.68. The van der Waals surface area contributed by atoms with Gasteiger partial charge in [-0.15, -0.1) is 23.1 Å². The number of aliphatic hydroxyl groups excluding tert-OH is 3. The van der Waals surface area contributed by atoms with E-state index >= 15 is 0 Å². The monoisotopic (exact) mass is 568 g/mol. The smallest absolute Gasteiger partial charge is 0.396 e. The van der Waals surface area contributed by atoms with Crippen LogP contribution in [0.3, 0.4) is 0 Å². The van der Waals surface area contributed by atoms with Gasteiger partial charge in [0.25, 0.3) is 0 Å². The maximum absolute atomic E-state index is 14.0. The van der Waals surface area contributed by atoms with E-state index in [9.17, 15) is 28.5 Å². The molecule has 0 bridgehead atoms. The van der Waals surface area contributed by atoms with Crippen molar-refractivity contribution in [3.8, 4) is 10.6 Å². The average molecular weight is 569 g/mol. The first-order valence-electron chi connectivity index (χ1n) is 12.0. The Morgan fingerprint density at radius 1 is 1.13 bits per heavy atom.